The Labute approximate surface area is 71.1 Å². The first-order valence-electron chi connectivity index (χ1n) is 3.74. The molecule has 0 radical (unpaired) electrons. The number of hydrogen-bond acceptors (Lipinski definition) is 3. The molecule has 5 nitrogen and oxygen atoms in total. The van der Waals surface area contributed by atoms with Crippen LogP contribution >= 0.6 is 0 Å². The Balaban J connectivity index is 3.50. The van der Waals surface area contributed by atoms with Gasteiger partial charge in [-0.25, -0.2) is 0 Å². The fourth-order valence-corrected chi connectivity index (χ4v) is 0.705. The number of carboxylic acids is 1. The van der Waals surface area contributed by atoms with Crippen molar-refractivity contribution in [2.45, 2.75) is 19.4 Å². The molecule has 0 saturated carbocycles. The van der Waals surface area contributed by atoms with Gasteiger partial charge in [0, 0.05) is 13.6 Å². The van der Waals surface area contributed by atoms with Crippen molar-refractivity contribution in [3.63, 3.8) is 0 Å². The Morgan fingerprint density at radius 2 is 2.08 bits per heavy atom. The molecule has 0 aromatic rings. The normalized spacial score (nSPS) is 12.2. The first-order valence-corrected chi connectivity index (χ1v) is 3.74. The fraction of sp³-hybridized carbons (Fsp3) is 0.714. The van der Waals surface area contributed by atoms with E-state index in [0.717, 1.165) is 0 Å². The van der Waals surface area contributed by atoms with Crippen molar-refractivity contribution in [3.05, 3.63) is 0 Å². The lowest BCUT2D eigenvalue weighted by Crippen LogP contribution is -2.41. The molecule has 12 heavy (non-hydrogen) atoms. The van der Waals surface area contributed by atoms with Gasteiger partial charge in [0.2, 0.25) is 5.91 Å². The van der Waals surface area contributed by atoms with Gasteiger partial charge in [-0.1, -0.05) is 0 Å². The van der Waals surface area contributed by atoms with E-state index in [1.807, 2.05) is 0 Å². The highest BCUT2D eigenvalue weighted by atomic mass is 16.4. The number of rotatable bonds is 5. The molecule has 0 aliphatic carbocycles. The predicted octanol–water partition coefficient (Wildman–Crippen LogP) is -0.815. The van der Waals surface area contributed by atoms with E-state index >= 15 is 0 Å². The lowest BCUT2D eigenvalue weighted by atomic mass is 10.3. The molecule has 0 heterocycles. The van der Waals surface area contributed by atoms with Gasteiger partial charge >= 0.3 is 5.97 Å². The van der Waals surface area contributed by atoms with Gasteiger partial charge in [-0.2, -0.15) is 0 Å². The van der Waals surface area contributed by atoms with Crippen molar-refractivity contribution in [3.8, 4) is 0 Å². The fourth-order valence-electron chi connectivity index (χ4n) is 0.705. The molecule has 3 N–H and O–H groups in total. The average Bonchev–Trinajstić information content (AvgIpc) is 2.02. The first kappa shape index (κ1) is 10.9. The van der Waals surface area contributed by atoms with Gasteiger partial charge < -0.3 is 15.7 Å². The minimum absolute atomic E-state index is 0.0291. The SMILES string of the molecule is CNC(=O)C(C)NCCC(=O)O. The van der Waals surface area contributed by atoms with Crippen LogP contribution in [0.3, 0.4) is 0 Å². The second kappa shape index (κ2) is 5.54. The number of likely N-dealkylation sites (N-methyl/N-ethyl adjacent to an activating group) is 1. The largest absolute Gasteiger partial charge is 0.481 e. The molecule has 5 heteroatoms. The van der Waals surface area contributed by atoms with E-state index in [1.54, 1.807) is 6.92 Å². The van der Waals surface area contributed by atoms with Crippen molar-refractivity contribution in [2.24, 2.45) is 0 Å². The van der Waals surface area contributed by atoms with Crippen LogP contribution in [-0.4, -0.2) is 36.6 Å². The molecule has 0 saturated heterocycles. The summed E-state index contributed by atoms with van der Waals surface area (Å²) in [5.74, 6) is -1.01. The summed E-state index contributed by atoms with van der Waals surface area (Å²) in [5.41, 5.74) is 0. The zero-order valence-electron chi connectivity index (χ0n) is 7.26. The Morgan fingerprint density at radius 3 is 2.50 bits per heavy atom. The third-order valence-electron chi connectivity index (χ3n) is 1.43. The maximum atomic E-state index is 10.9. The van der Waals surface area contributed by atoms with E-state index in [2.05, 4.69) is 10.6 Å². The van der Waals surface area contributed by atoms with Gasteiger partial charge in [0.15, 0.2) is 0 Å². The molecule has 0 aliphatic heterocycles. The number of carbonyl (C=O) groups excluding carboxylic acids is 1. The van der Waals surface area contributed by atoms with Crippen LogP contribution in [0, 0.1) is 0 Å². The second-order valence-corrected chi connectivity index (χ2v) is 2.43. The van der Waals surface area contributed by atoms with Crippen LogP contribution in [-0.2, 0) is 9.59 Å². The first-order chi connectivity index (χ1) is 5.57. The highest BCUT2D eigenvalue weighted by Crippen LogP contribution is 1.82. The zero-order valence-corrected chi connectivity index (χ0v) is 7.26. The smallest absolute Gasteiger partial charge is 0.304 e. The zero-order chi connectivity index (χ0) is 9.56. The van der Waals surface area contributed by atoms with Crippen molar-refractivity contribution in [1.29, 1.82) is 0 Å². The van der Waals surface area contributed by atoms with Gasteiger partial charge in [0.05, 0.1) is 12.5 Å². The summed E-state index contributed by atoms with van der Waals surface area (Å²) in [7, 11) is 1.54. The van der Waals surface area contributed by atoms with Crippen LogP contribution in [0.1, 0.15) is 13.3 Å². The van der Waals surface area contributed by atoms with E-state index in [-0.39, 0.29) is 18.4 Å². The highest BCUT2D eigenvalue weighted by molar-refractivity contribution is 5.81. The number of amides is 1. The van der Waals surface area contributed by atoms with E-state index < -0.39 is 5.97 Å². The lowest BCUT2D eigenvalue weighted by Gasteiger charge is -2.10. The topological polar surface area (TPSA) is 78.4 Å². The summed E-state index contributed by atoms with van der Waals surface area (Å²) >= 11 is 0. The molecule has 0 bridgehead atoms. The average molecular weight is 174 g/mol. The second-order valence-electron chi connectivity index (χ2n) is 2.43. The lowest BCUT2D eigenvalue weighted by molar-refractivity contribution is -0.137. The highest BCUT2D eigenvalue weighted by Gasteiger charge is 2.09. The van der Waals surface area contributed by atoms with E-state index in [0.29, 0.717) is 6.54 Å². The Bertz CT molecular complexity index is 170. The number of carboxylic acid groups (broad SMARTS) is 1. The van der Waals surface area contributed by atoms with Crippen molar-refractivity contribution >= 4 is 11.9 Å². The van der Waals surface area contributed by atoms with E-state index in [9.17, 15) is 9.59 Å². The van der Waals surface area contributed by atoms with Gasteiger partial charge in [-0.05, 0) is 6.92 Å². The monoisotopic (exact) mass is 174 g/mol. The van der Waals surface area contributed by atoms with Crippen molar-refractivity contribution < 1.29 is 14.7 Å². The summed E-state index contributed by atoms with van der Waals surface area (Å²) in [4.78, 5) is 20.9. The number of carbonyl (C=O) groups is 2. The number of aliphatic carboxylic acids is 1. The van der Waals surface area contributed by atoms with Crippen LogP contribution in [0.2, 0.25) is 0 Å². The van der Waals surface area contributed by atoms with Crippen LogP contribution in [0.4, 0.5) is 0 Å². The summed E-state index contributed by atoms with van der Waals surface area (Å²) in [6.45, 7) is 1.99. The molecule has 0 aromatic carbocycles. The molecule has 70 valence electrons. The summed E-state index contributed by atoms with van der Waals surface area (Å²) in [6, 6.07) is -0.339. The van der Waals surface area contributed by atoms with E-state index in [1.165, 1.54) is 7.05 Å². The third kappa shape index (κ3) is 4.68. The van der Waals surface area contributed by atoms with Gasteiger partial charge in [-0.15, -0.1) is 0 Å². The minimum Gasteiger partial charge on any atom is -0.481 e. The van der Waals surface area contributed by atoms with Crippen molar-refractivity contribution in [1.82, 2.24) is 10.6 Å². The minimum atomic E-state index is -0.869. The molecule has 0 fully saturated rings. The maximum Gasteiger partial charge on any atom is 0.304 e. The number of hydrogen-bond donors (Lipinski definition) is 3. The Kier molecular flexibility index (Phi) is 5.03. The molecule has 1 atom stereocenters. The van der Waals surface area contributed by atoms with Gasteiger partial charge in [0.25, 0.3) is 0 Å². The molecule has 0 spiro atoms. The molecular weight excluding hydrogens is 160 g/mol. The third-order valence-corrected chi connectivity index (χ3v) is 1.43. The van der Waals surface area contributed by atoms with Crippen LogP contribution in [0.5, 0.6) is 0 Å². The predicted molar refractivity (Wildman–Crippen MR) is 43.8 cm³/mol. The van der Waals surface area contributed by atoms with Crippen molar-refractivity contribution in [2.75, 3.05) is 13.6 Å². The molecule has 0 aromatic heterocycles. The number of nitrogens with one attached hydrogen (secondary N) is 2. The van der Waals surface area contributed by atoms with Crippen LogP contribution < -0.4 is 10.6 Å². The molecule has 1 unspecified atom stereocenters. The molecular formula is C7H14N2O3. The standard InChI is InChI=1S/C7H14N2O3/c1-5(7(12)8-2)9-4-3-6(10)11/h5,9H,3-4H2,1-2H3,(H,8,12)(H,10,11). The van der Waals surface area contributed by atoms with Crippen LogP contribution in [0.15, 0.2) is 0 Å². The molecule has 0 rings (SSSR count). The quantitative estimate of drug-likeness (QED) is 0.509. The van der Waals surface area contributed by atoms with Crippen LogP contribution in [0.25, 0.3) is 0 Å². The summed E-state index contributed by atoms with van der Waals surface area (Å²) in [6.07, 6.45) is 0.0291. The van der Waals surface area contributed by atoms with Gasteiger partial charge in [-0.3, -0.25) is 9.59 Å². The Hall–Kier alpha value is -1.10. The Morgan fingerprint density at radius 1 is 1.50 bits per heavy atom. The molecule has 1 amide bonds. The summed E-state index contributed by atoms with van der Waals surface area (Å²) in [5, 5.41) is 13.5. The maximum absolute atomic E-state index is 10.9. The van der Waals surface area contributed by atoms with E-state index in [4.69, 9.17) is 5.11 Å². The van der Waals surface area contributed by atoms with Gasteiger partial charge in [0.1, 0.15) is 0 Å². The molecule has 0 aliphatic rings. The summed E-state index contributed by atoms with van der Waals surface area (Å²) < 4.78 is 0.